The van der Waals surface area contributed by atoms with Gasteiger partial charge in [-0.3, -0.25) is 4.79 Å². The molecule has 20 heavy (non-hydrogen) atoms. The molecule has 0 atom stereocenters. The first kappa shape index (κ1) is 14.4. The van der Waals surface area contributed by atoms with E-state index < -0.39 is 23.5 Å². The summed E-state index contributed by atoms with van der Waals surface area (Å²) in [7, 11) is 0. The largest absolute Gasteiger partial charge is 0.419 e. The normalized spacial score (nSPS) is 11.4. The average Bonchev–Trinajstić information content (AvgIpc) is 2.88. The van der Waals surface area contributed by atoms with Gasteiger partial charge in [0.1, 0.15) is 5.82 Å². The van der Waals surface area contributed by atoms with Crippen LogP contribution in [0.25, 0.3) is 0 Å². The van der Waals surface area contributed by atoms with E-state index in [0.717, 1.165) is 6.07 Å². The Morgan fingerprint density at radius 3 is 2.70 bits per heavy atom. The Morgan fingerprint density at radius 1 is 1.35 bits per heavy atom. The van der Waals surface area contributed by atoms with E-state index in [-0.39, 0.29) is 12.1 Å². The quantitative estimate of drug-likeness (QED) is 0.885. The van der Waals surface area contributed by atoms with Crippen molar-refractivity contribution in [2.24, 2.45) is 0 Å². The van der Waals surface area contributed by atoms with Gasteiger partial charge in [0, 0.05) is 10.9 Å². The molecule has 3 nitrogen and oxygen atoms in total. The lowest BCUT2D eigenvalue weighted by atomic mass is 10.1. The molecule has 0 saturated carbocycles. The highest BCUT2D eigenvalue weighted by Gasteiger charge is 2.34. The summed E-state index contributed by atoms with van der Waals surface area (Å²) in [6.45, 7) is 0.0983. The van der Waals surface area contributed by atoms with E-state index in [1.807, 2.05) is 0 Å². The van der Waals surface area contributed by atoms with Crippen molar-refractivity contribution in [2.45, 2.75) is 12.7 Å². The van der Waals surface area contributed by atoms with Gasteiger partial charge in [-0.25, -0.2) is 9.37 Å². The van der Waals surface area contributed by atoms with E-state index in [1.165, 1.54) is 11.3 Å². The van der Waals surface area contributed by atoms with Gasteiger partial charge in [0.15, 0.2) is 0 Å². The monoisotopic (exact) mass is 304 g/mol. The number of halogens is 4. The lowest BCUT2D eigenvalue weighted by Crippen LogP contribution is -2.23. The Kier molecular flexibility index (Phi) is 4.03. The highest BCUT2D eigenvalue weighted by atomic mass is 32.1. The molecular formula is C12H8F4N2OS. The van der Waals surface area contributed by atoms with E-state index in [2.05, 4.69) is 10.3 Å². The molecule has 1 N–H and O–H groups in total. The first-order chi connectivity index (χ1) is 9.38. The van der Waals surface area contributed by atoms with Crippen LogP contribution in [0, 0.1) is 5.82 Å². The van der Waals surface area contributed by atoms with Crippen molar-refractivity contribution < 1.29 is 22.4 Å². The molecule has 0 bridgehead atoms. The minimum Gasteiger partial charge on any atom is -0.346 e. The van der Waals surface area contributed by atoms with Crippen molar-refractivity contribution in [1.82, 2.24) is 10.3 Å². The first-order valence-corrected chi connectivity index (χ1v) is 6.34. The summed E-state index contributed by atoms with van der Waals surface area (Å²) in [6, 6.07) is 2.12. The van der Waals surface area contributed by atoms with E-state index in [9.17, 15) is 22.4 Å². The molecule has 1 aromatic carbocycles. The summed E-state index contributed by atoms with van der Waals surface area (Å²) >= 11 is 1.33. The van der Waals surface area contributed by atoms with E-state index in [4.69, 9.17) is 0 Å². The minimum absolute atomic E-state index is 0.0983. The second-order valence-corrected chi connectivity index (χ2v) is 4.57. The van der Waals surface area contributed by atoms with Crippen LogP contribution in [0.3, 0.4) is 0 Å². The fourth-order valence-electron chi connectivity index (χ4n) is 1.48. The zero-order chi connectivity index (χ0) is 14.8. The number of nitrogens with zero attached hydrogens (tertiary/aromatic N) is 1. The topological polar surface area (TPSA) is 42.0 Å². The van der Waals surface area contributed by atoms with E-state index >= 15 is 0 Å². The maximum atomic E-state index is 13.1. The SMILES string of the molecule is O=C(NCc1cscn1)c1ccc(F)c(C(F)(F)F)c1. The Morgan fingerprint density at radius 2 is 2.10 bits per heavy atom. The summed E-state index contributed by atoms with van der Waals surface area (Å²) in [6.07, 6.45) is -4.84. The van der Waals surface area contributed by atoms with Gasteiger partial charge in [-0.1, -0.05) is 0 Å². The predicted molar refractivity (Wildman–Crippen MR) is 64.7 cm³/mol. The maximum absolute atomic E-state index is 13.1. The van der Waals surface area contributed by atoms with Crippen LogP contribution in [0.2, 0.25) is 0 Å². The van der Waals surface area contributed by atoms with Crippen LogP contribution in [0.15, 0.2) is 29.1 Å². The number of thiazole rings is 1. The highest BCUT2D eigenvalue weighted by molar-refractivity contribution is 7.07. The molecule has 0 fully saturated rings. The van der Waals surface area contributed by atoms with Crippen molar-refractivity contribution in [3.05, 3.63) is 51.7 Å². The summed E-state index contributed by atoms with van der Waals surface area (Å²) in [5.74, 6) is -2.13. The molecule has 2 rings (SSSR count). The van der Waals surface area contributed by atoms with Crippen LogP contribution >= 0.6 is 11.3 Å². The van der Waals surface area contributed by atoms with Crippen LogP contribution in [-0.4, -0.2) is 10.9 Å². The molecule has 0 aliphatic carbocycles. The maximum Gasteiger partial charge on any atom is 0.419 e. The number of hydrogen-bond acceptors (Lipinski definition) is 3. The summed E-state index contributed by atoms with van der Waals surface area (Å²) in [5.41, 5.74) is 0.454. The standard InChI is InChI=1S/C12H8F4N2OS/c13-10-2-1-7(3-9(10)12(14,15)16)11(19)17-4-8-5-20-6-18-8/h1-3,5-6H,4H2,(H,17,19). The lowest BCUT2D eigenvalue weighted by molar-refractivity contribution is -0.140. The zero-order valence-corrected chi connectivity index (χ0v) is 10.7. The van der Waals surface area contributed by atoms with Gasteiger partial charge < -0.3 is 5.32 Å². The van der Waals surface area contributed by atoms with Crippen molar-refractivity contribution in [3.8, 4) is 0 Å². The third-order valence-corrected chi connectivity index (χ3v) is 3.08. The molecule has 8 heteroatoms. The number of rotatable bonds is 3. The lowest BCUT2D eigenvalue weighted by Gasteiger charge is -2.10. The molecule has 0 unspecified atom stereocenters. The van der Waals surface area contributed by atoms with Gasteiger partial charge in [0.05, 0.1) is 23.3 Å². The van der Waals surface area contributed by atoms with Crippen LogP contribution in [0.5, 0.6) is 0 Å². The smallest absolute Gasteiger partial charge is 0.346 e. The average molecular weight is 304 g/mol. The molecule has 1 heterocycles. The van der Waals surface area contributed by atoms with Crippen LogP contribution in [0.1, 0.15) is 21.6 Å². The van der Waals surface area contributed by atoms with Gasteiger partial charge in [-0.05, 0) is 18.2 Å². The van der Waals surface area contributed by atoms with Crippen LogP contribution in [0.4, 0.5) is 17.6 Å². The van der Waals surface area contributed by atoms with Crippen molar-refractivity contribution in [3.63, 3.8) is 0 Å². The summed E-state index contributed by atoms with van der Waals surface area (Å²) in [4.78, 5) is 15.6. The number of carbonyl (C=O) groups excluding carboxylic acids is 1. The van der Waals surface area contributed by atoms with Crippen LogP contribution < -0.4 is 5.32 Å². The zero-order valence-electron chi connectivity index (χ0n) is 9.87. The molecule has 0 aliphatic heterocycles. The number of nitrogens with one attached hydrogen (secondary N) is 1. The Bertz CT molecular complexity index is 610. The van der Waals surface area contributed by atoms with Gasteiger partial charge in [-0.15, -0.1) is 11.3 Å². The third-order valence-electron chi connectivity index (χ3n) is 2.45. The van der Waals surface area contributed by atoms with Gasteiger partial charge in [-0.2, -0.15) is 13.2 Å². The molecule has 0 spiro atoms. The molecule has 2 aromatic rings. The number of amides is 1. The fourth-order valence-corrected chi connectivity index (χ4v) is 2.04. The number of carbonyl (C=O) groups is 1. The molecule has 106 valence electrons. The molecule has 0 radical (unpaired) electrons. The predicted octanol–water partition coefficient (Wildman–Crippen LogP) is 3.23. The number of alkyl halides is 3. The number of hydrogen-bond donors (Lipinski definition) is 1. The Balaban J connectivity index is 2.14. The van der Waals surface area contributed by atoms with Crippen molar-refractivity contribution in [2.75, 3.05) is 0 Å². The molecule has 0 aliphatic rings. The third kappa shape index (κ3) is 3.32. The number of aromatic nitrogens is 1. The summed E-state index contributed by atoms with van der Waals surface area (Å²) in [5, 5.41) is 4.12. The first-order valence-electron chi connectivity index (χ1n) is 5.40. The Hall–Kier alpha value is -1.96. The van der Waals surface area contributed by atoms with Gasteiger partial charge in [0.2, 0.25) is 0 Å². The second kappa shape index (κ2) is 5.58. The van der Waals surface area contributed by atoms with Crippen molar-refractivity contribution >= 4 is 17.2 Å². The Labute approximate surface area is 115 Å². The molecular weight excluding hydrogens is 296 g/mol. The van der Waals surface area contributed by atoms with Gasteiger partial charge in [0.25, 0.3) is 5.91 Å². The minimum atomic E-state index is -4.84. The second-order valence-electron chi connectivity index (χ2n) is 3.85. The van der Waals surface area contributed by atoms with Crippen LogP contribution in [-0.2, 0) is 12.7 Å². The highest BCUT2D eigenvalue weighted by Crippen LogP contribution is 2.31. The van der Waals surface area contributed by atoms with Crippen molar-refractivity contribution in [1.29, 1.82) is 0 Å². The number of benzene rings is 1. The van der Waals surface area contributed by atoms with Gasteiger partial charge >= 0.3 is 6.18 Å². The molecule has 0 saturated heterocycles. The molecule has 1 amide bonds. The fraction of sp³-hybridized carbons (Fsp3) is 0.167. The van der Waals surface area contributed by atoms with E-state index in [0.29, 0.717) is 17.8 Å². The molecule has 1 aromatic heterocycles. The van der Waals surface area contributed by atoms with E-state index in [1.54, 1.807) is 10.9 Å². The summed E-state index contributed by atoms with van der Waals surface area (Å²) < 4.78 is 50.6.